The van der Waals surface area contributed by atoms with Crippen molar-refractivity contribution in [3.05, 3.63) is 29.3 Å². The van der Waals surface area contributed by atoms with Gasteiger partial charge >= 0.3 is 6.18 Å². The van der Waals surface area contributed by atoms with E-state index in [1.54, 1.807) is 0 Å². The van der Waals surface area contributed by atoms with Crippen LogP contribution in [0.3, 0.4) is 0 Å². The molecule has 0 radical (unpaired) electrons. The Hall–Kier alpha value is -1.12. The van der Waals surface area contributed by atoms with Crippen LogP contribution in [0.25, 0.3) is 0 Å². The molecule has 1 aliphatic heterocycles. The van der Waals surface area contributed by atoms with E-state index in [-0.39, 0.29) is 23.5 Å². The highest BCUT2D eigenvalue weighted by Crippen LogP contribution is 2.40. The Morgan fingerprint density at radius 3 is 2.61 bits per heavy atom. The van der Waals surface area contributed by atoms with Gasteiger partial charge in [-0.3, -0.25) is 0 Å². The minimum atomic E-state index is -4.57. The average molecular weight is 281 g/mol. The van der Waals surface area contributed by atoms with Crippen LogP contribution in [0.4, 0.5) is 13.2 Å². The van der Waals surface area contributed by atoms with E-state index >= 15 is 0 Å². The summed E-state index contributed by atoms with van der Waals surface area (Å²) >= 11 is 0. The highest BCUT2D eigenvalue weighted by Gasteiger charge is 2.43. The normalized spacial score (nSPS) is 21.9. The molecule has 1 aromatic rings. The van der Waals surface area contributed by atoms with Crippen LogP contribution >= 0.6 is 0 Å². The third-order valence-corrected chi connectivity index (χ3v) is 5.07. The van der Waals surface area contributed by atoms with Crippen LogP contribution in [0.5, 0.6) is 0 Å². The van der Waals surface area contributed by atoms with Gasteiger partial charge in [0.15, 0.2) is 9.84 Å². The Kier molecular flexibility index (Phi) is 3.12. The predicted octanol–water partition coefficient (Wildman–Crippen LogP) is 1.29. The molecule has 1 aromatic carbocycles. The Balaban J connectivity index is 2.58. The first kappa shape index (κ1) is 13.3. The monoisotopic (exact) mass is 281 g/mol. The van der Waals surface area contributed by atoms with Crippen molar-refractivity contribution in [2.24, 2.45) is 5.90 Å². The lowest BCUT2D eigenvalue weighted by molar-refractivity contribution is -0.138. The zero-order valence-electron chi connectivity index (χ0n) is 9.07. The van der Waals surface area contributed by atoms with Crippen molar-refractivity contribution >= 4 is 9.84 Å². The van der Waals surface area contributed by atoms with E-state index in [0.29, 0.717) is 0 Å². The van der Waals surface area contributed by atoms with E-state index in [4.69, 9.17) is 5.90 Å². The van der Waals surface area contributed by atoms with Crippen molar-refractivity contribution in [3.8, 4) is 0 Å². The maximum Gasteiger partial charge on any atom is 0.416 e. The molecule has 0 saturated heterocycles. The Morgan fingerprint density at radius 1 is 1.39 bits per heavy atom. The standard InChI is InChI=1S/C10H10F3NO3S/c11-10(12,13)8-2-1-3-9-7(8)4-6(5-17-14)18(9,15)16/h1-3,6H,4-5,14H2. The molecule has 0 bridgehead atoms. The van der Waals surface area contributed by atoms with Crippen LogP contribution in [0.2, 0.25) is 0 Å². The second-order valence-corrected chi connectivity index (χ2v) is 6.18. The average Bonchev–Trinajstić information content (AvgIpc) is 2.50. The minimum Gasteiger partial charge on any atom is -0.303 e. The van der Waals surface area contributed by atoms with Crippen molar-refractivity contribution in [2.75, 3.05) is 6.61 Å². The van der Waals surface area contributed by atoms with E-state index in [0.717, 1.165) is 12.1 Å². The number of alkyl halides is 3. The number of fused-ring (bicyclic) bond motifs is 1. The van der Waals surface area contributed by atoms with Gasteiger partial charge in [-0.2, -0.15) is 13.2 Å². The summed E-state index contributed by atoms with van der Waals surface area (Å²) in [5.41, 5.74) is -1.12. The molecule has 2 N–H and O–H groups in total. The van der Waals surface area contributed by atoms with Gasteiger partial charge in [0.1, 0.15) is 0 Å². The van der Waals surface area contributed by atoms with Crippen molar-refractivity contribution in [1.82, 2.24) is 0 Å². The molecule has 1 unspecified atom stereocenters. The number of hydrogen-bond acceptors (Lipinski definition) is 4. The second-order valence-electron chi connectivity index (χ2n) is 3.98. The lowest BCUT2D eigenvalue weighted by atomic mass is 10.0. The molecule has 1 atom stereocenters. The quantitative estimate of drug-likeness (QED) is 0.829. The van der Waals surface area contributed by atoms with E-state index in [9.17, 15) is 21.6 Å². The molecule has 0 spiro atoms. The molecule has 0 aliphatic carbocycles. The summed E-state index contributed by atoms with van der Waals surface area (Å²) in [4.78, 5) is 3.98. The highest BCUT2D eigenvalue weighted by atomic mass is 32.2. The first-order valence-corrected chi connectivity index (χ1v) is 6.57. The smallest absolute Gasteiger partial charge is 0.303 e. The van der Waals surface area contributed by atoms with Gasteiger partial charge in [-0.25, -0.2) is 14.3 Å². The predicted molar refractivity (Wildman–Crippen MR) is 56.3 cm³/mol. The summed E-state index contributed by atoms with van der Waals surface area (Å²) in [5, 5.41) is -1.05. The molecule has 1 aliphatic rings. The van der Waals surface area contributed by atoms with Gasteiger partial charge in [0.05, 0.1) is 22.3 Å². The zero-order chi connectivity index (χ0) is 13.6. The first-order valence-electron chi connectivity index (χ1n) is 5.03. The van der Waals surface area contributed by atoms with Gasteiger partial charge in [0, 0.05) is 0 Å². The molecule has 0 fully saturated rings. The second kappa shape index (κ2) is 4.22. The molecule has 4 nitrogen and oxygen atoms in total. The fourth-order valence-corrected chi connectivity index (χ4v) is 3.89. The van der Waals surface area contributed by atoms with Crippen LogP contribution in [-0.4, -0.2) is 20.3 Å². The summed E-state index contributed by atoms with van der Waals surface area (Å²) in [6.45, 7) is -0.325. The number of benzene rings is 1. The maximum absolute atomic E-state index is 12.8. The summed E-state index contributed by atoms with van der Waals surface area (Å²) in [6, 6.07) is 3.14. The maximum atomic E-state index is 12.8. The fraction of sp³-hybridized carbons (Fsp3) is 0.400. The molecule has 0 saturated carbocycles. The molecule has 8 heteroatoms. The number of halogens is 3. The van der Waals surface area contributed by atoms with Gasteiger partial charge in [-0.05, 0) is 24.1 Å². The SMILES string of the molecule is NOCC1Cc2c(C(F)(F)F)cccc2S1(=O)=O. The van der Waals surface area contributed by atoms with E-state index < -0.39 is 26.8 Å². The van der Waals surface area contributed by atoms with Crippen LogP contribution in [0, 0.1) is 0 Å². The van der Waals surface area contributed by atoms with Crippen LogP contribution in [-0.2, 0) is 27.3 Å². The summed E-state index contributed by atoms with van der Waals surface area (Å²) < 4.78 is 62.2. The number of rotatable bonds is 2. The lowest BCUT2D eigenvalue weighted by Crippen LogP contribution is -2.25. The van der Waals surface area contributed by atoms with Crippen molar-refractivity contribution in [2.45, 2.75) is 22.7 Å². The van der Waals surface area contributed by atoms with Gasteiger partial charge in [0.25, 0.3) is 0 Å². The summed E-state index contributed by atoms with van der Waals surface area (Å²) in [5.74, 6) is 4.80. The van der Waals surface area contributed by atoms with Crippen LogP contribution < -0.4 is 5.90 Å². The molecular formula is C10H10F3NO3S. The van der Waals surface area contributed by atoms with Crippen molar-refractivity contribution in [1.29, 1.82) is 0 Å². The molecular weight excluding hydrogens is 271 g/mol. The van der Waals surface area contributed by atoms with Crippen molar-refractivity contribution in [3.63, 3.8) is 0 Å². The molecule has 0 amide bonds. The van der Waals surface area contributed by atoms with E-state index in [2.05, 4.69) is 4.84 Å². The highest BCUT2D eigenvalue weighted by molar-refractivity contribution is 7.92. The van der Waals surface area contributed by atoms with Crippen molar-refractivity contribution < 1.29 is 26.4 Å². The summed E-state index contributed by atoms with van der Waals surface area (Å²) in [6.07, 6.45) is -4.80. The molecule has 1 heterocycles. The number of sulfone groups is 1. The third-order valence-electron chi connectivity index (χ3n) is 2.90. The Bertz CT molecular complexity index is 568. The molecule has 100 valence electrons. The number of hydrogen-bond donors (Lipinski definition) is 1. The van der Waals surface area contributed by atoms with Gasteiger partial charge in [-0.15, -0.1) is 0 Å². The third kappa shape index (κ3) is 2.00. The van der Waals surface area contributed by atoms with Crippen LogP contribution in [0.1, 0.15) is 11.1 Å². The number of nitrogens with two attached hydrogens (primary N) is 1. The van der Waals surface area contributed by atoms with Gasteiger partial charge < -0.3 is 4.84 Å². The molecule has 0 aromatic heterocycles. The van der Waals surface area contributed by atoms with Crippen LogP contribution in [0.15, 0.2) is 23.1 Å². The van der Waals surface area contributed by atoms with Gasteiger partial charge in [0.2, 0.25) is 0 Å². The van der Waals surface area contributed by atoms with E-state index in [1.807, 2.05) is 0 Å². The van der Waals surface area contributed by atoms with E-state index in [1.165, 1.54) is 6.07 Å². The first-order chi connectivity index (χ1) is 8.28. The Morgan fingerprint density at radius 2 is 2.06 bits per heavy atom. The fourth-order valence-electron chi connectivity index (χ4n) is 2.08. The Labute approximate surface area is 101 Å². The molecule has 2 rings (SSSR count). The zero-order valence-corrected chi connectivity index (χ0v) is 9.88. The topological polar surface area (TPSA) is 69.4 Å². The largest absolute Gasteiger partial charge is 0.416 e. The lowest BCUT2D eigenvalue weighted by Gasteiger charge is -2.10. The summed E-state index contributed by atoms with van der Waals surface area (Å²) in [7, 11) is -3.80. The molecule has 18 heavy (non-hydrogen) atoms. The van der Waals surface area contributed by atoms with Gasteiger partial charge in [-0.1, -0.05) is 6.07 Å². The minimum absolute atomic E-state index is 0.202.